The van der Waals surface area contributed by atoms with E-state index in [1.165, 1.54) is 20.7 Å². The molecule has 0 atom stereocenters. The van der Waals surface area contributed by atoms with E-state index in [4.69, 9.17) is 23.2 Å². The molecule has 0 bridgehead atoms. The van der Waals surface area contributed by atoms with Gasteiger partial charge in [0.2, 0.25) is 0 Å². The van der Waals surface area contributed by atoms with Crippen molar-refractivity contribution in [2.75, 3.05) is 0 Å². The highest BCUT2D eigenvalue weighted by Crippen LogP contribution is 2.14. The Hall–Kier alpha value is -2.32. The Morgan fingerprint density at radius 1 is 0.407 bits per heavy atom. The van der Waals surface area contributed by atoms with E-state index >= 15 is 0 Å². The van der Waals surface area contributed by atoms with Crippen molar-refractivity contribution in [2.45, 2.75) is 0 Å². The summed E-state index contributed by atoms with van der Waals surface area (Å²) in [6.07, 6.45) is 0. The average molecular weight is 405 g/mol. The highest BCUT2D eigenvalue weighted by atomic mass is 35.5. The maximum absolute atomic E-state index is 6.44. The van der Waals surface area contributed by atoms with E-state index in [1.807, 2.05) is 24.3 Å². The molecule has 27 heavy (non-hydrogen) atoms. The average Bonchev–Trinajstić information content (AvgIpc) is 2.71. The third-order valence-electron chi connectivity index (χ3n) is 4.93. The van der Waals surface area contributed by atoms with Crippen molar-refractivity contribution in [3.05, 3.63) is 119 Å². The monoisotopic (exact) mass is 404 g/mol. The molecular formula is C24H18Cl2Si. The summed E-state index contributed by atoms with van der Waals surface area (Å²) >= 11 is 12.9. The summed E-state index contributed by atoms with van der Waals surface area (Å²) in [6.45, 7) is 0. The fraction of sp³-hybridized carbons (Fsp3) is 0. The van der Waals surface area contributed by atoms with Gasteiger partial charge in [0.05, 0.1) is 0 Å². The van der Waals surface area contributed by atoms with Gasteiger partial charge in [-0.15, -0.1) is 0 Å². The van der Waals surface area contributed by atoms with Gasteiger partial charge in [-0.05, 0) is 45.0 Å². The third-order valence-corrected chi connectivity index (χ3v) is 10.2. The molecule has 0 spiro atoms. The van der Waals surface area contributed by atoms with Crippen LogP contribution in [0.15, 0.2) is 109 Å². The van der Waals surface area contributed by atoms with Crippen LogP contribution in [0.25, 0.3) is 0 Å². The zero-order valence-corrected chi connectivity index (χ0v) is 17.2. The molecule has 0 aromatic heterocycles. The summed E-state index contributed by atoms with van der Waals surface area (Å²) in [6, 6.07) is 38.0. The molecule has 4 rings (SSSR count). The summed E-state index contributed by atoms with van der Waals surface area (Å²) in [7, 11) is -2.53. The third kappa shape index (κ3) is 3.34. The fourth-order valence-electron chi connectivity index (χ4n) is 3.82. The van der Waals surface area contributed by atoms with Crippen LogP contribution in [-0.4, -0.2) is 8.07 Å². The second kappa shape index (κ2) is 7.73. The lowest BCUT2D eigenvalue weighted by Crippen LogP contribution is -2.74. The summed E-state index contributed by atoms with van der Waals surface area (Å²) in [5, 5.41) is 6.60. The molecule has 0 saturated heterocycles. The first-order valence-corrected chi connectivity index (χ1v) is 11.6. The van der Waals surface area contributed by atoms with Crippen molar-refractivity contribution in [1.82, 2.24) is 0 Å². The molecule has 0 saturated carbocycles. The fourth-order valence-corrected chi connectivity index (χ4v) is 9.20. The normalized spacial score (nSPS) is 11.3. The van der Waals surface area contributed by atoms with Gasteiger partial charge >= 0.3 is 0 Å². The van der Waals surface area contributed by atoms with Gasteiger partial charge in [0, 0.05) is 10.0 Å². The van der Waals surface area contributed by atoms with Crippen LogP contribution < -0.4 is 20.7 Å². The first-order valence-electron chi connectivity index (χ1n) is 8.84. The van der Waals surface area contributed by atoms with Crippen molar-refractivity contribution < 1.29 is 0 Å². The van der Waals surface area contributed by atoms with E-state index in [-0.39, 0.29) is 0 Å². The van der Waals surface area contributed by atoms with E-state index in [0.717, 1.165) is 10.0 Å². The molecule has 0 unspecified atom stereocenters. The van der Waals surface area contributed by atoms with Crippen LogP contribution in [0.2, 0.25) is 10.0 Å². The van der Waals surface area contributed by atoms with Gasteiger partial charge in [-0.1, -0.05) is 108 Å². The van der Waals surface area contributed by atoms with Crippen LogP contribution in [-0.2, 0) is 0 Å². The van der Waals surface area contributed by atoms with Crippen molar-refractivity contribution in [3.8, 4) is 0 Å². The van der Waals surface area contributed by atoms with Crippen molar-refractivity contribution in [1.29, 1.82) is 0 Å². The molecule has 0 nitrogen and oxygen atoms in total. The molecule has 132 valence electrons. The molecule has 0 heterocycles. The summed E-state index contributed by atoms with van der Waals surface area (Å²) < 4.78 is 0. The van der Waals surface area contributed by atoms with E-state index < -0.39 is 8.07 Å². The largest absolute Gasteiger partial charge is 0.179 e. The van der Waals surface area contributed by atoms with Crippen LogP contribution in [0.5, 0.6) is 0 Å². The number of hydrogen-bond donors (Lipinski definition) is 0. The van der Waals surface area contributed by atoms with E-state index in [9.17, 15) is 0 Å². The van der Waals surface area contributed by atoms with Gasteiger partial charge in [0.1, 0.15) is 0 Å². The first-order chi connectivity index (χ1) is 13.2. The van der Waals surface area contributed by atoms with Crippen LogP contribution in [0.1, 0.15) is 0 Å². The molecule has 0 aliphatic carbocycles. The van der Waals surface area contributed by atoms with Crippen LogP contribution in [0.4, 0.5) is 0 Å². The lowest BCUT2D eigenvalue weighted by Gasteiger charge is -2.34. The Morgan fingerprint density at radius 2 is 0.778 bits per heavy atom. The Morgan fingerprint density at radius 3 is 1.15 bits per heavy atom. The van der Waals surface area contributed by atoms with Gasteiger partial charge < -0.3 is 0 Å². The molecule has 4 aromatic carbocycles. The van der Waals surface area contributed by atoms with Crippen molar-refractivity contribution in [3.63, 3.8) is 0 Å². The summed E-state index contributed by atoms with van der Waals surface area (Å²) in [4.78, 5) is 0. The van der Waals surface area contributed by atoms with Gasteiger partial charge in [-0.3, -0.25) is 0 Å². The molecule has 3 heteroatoms. The van der Waals surface area contributed by atoms with E-state index in [0.29, 0.717) is 0 Å². The van der Waals surface area contributed by atoms with Gasteiger partial charge in [0.25, 0.3) is 0 Å². The SMILES string of the molecule is Clc1cccc([Si](c2ccccc2)(c2ccccc2)c2cccc(Cl)c2)c1. The zero-order valence-electron chi connectivity index (χ0n) is 14.6. The zero-order chi connectivity index (χ0) is 18.7. The highest BCUT2D eigenvalue weighted by molar-refractivity contribution is 7.20. The van der Waals surface area contributed by atoms with Crippen LogP contribution in [0.3, 0.4) is 0 Å². The Kier molecular flexibility index (Phi) is 5.17. The molecule has 0 amide bonds. The lowest BCUT2D eigenvalue weighted by atomic mass is 10.3. The summed E-state index contributed by atoms with van der Waals surface area (Å²) in [5.41, 5.74) is 0. The second-order valence-electron chi connectivity index (χ2n) is 6.50. The minimum Gasteiger partial charge on any atom is -0.0843 e. The Labute approximate surface area is 171 Å². The molecular weight excluding hydrogens is 387 g/mol. The van der Waals surface area contributed by atoms with Gasteiger partial charge in [-0.2, -0.15) is 0 Å². The van der Waals surface area contributed by atoms with Crippen LogP contribution in [0, 0.1) is 0 Å². The molecule has 0 radical (unpaired) electrons. The smallest absolute Gasteiger partial charge is 0.0843 e. The lowest BCUT2D eigenvalue weighted by molar-refractivity contribution is 1.66. The molecule has 4 aromatic rings. The number of hydrogen-bond acceptors (Lipinski definition) is 0. The second-order valence-corrected chi connectivity index (χ2v) is 11.2. The topological polar surface area (TPSA) is 0 Å². The minimum absolute atomic E-state index is 0.748. The first kappa shape index (κ1) is 18.1. The van der Waals surface area contributed by atoms with E-state index in [2.05, 4.69) is 84.9 Å². The van der Waals surface area contributed by atoms with Crippen molar-refractivity contribution >= 4 is 52.0 Å². The number of halogens is 2. The van der Waals surface area contributed by atoms with Gasteiger partial charge in [-0.25, -0.2) is 0 Å². The maximum Gasteiger partial charge on any atom is 0.179 e. The van der Waals surface area contributed by atoms with E-state index in [1.54, 1.807) is 0 Å². The highest BCUT2D eigenvalue weighted by Gasteiger charge is 2.41. The molecule has 0 aliphatic heterocycles. The Balaban J connectivity index is 2.16. The Bertz CT molecular complexity index is 959. The molecule has 0 fully saturated rings. The number of benzene rings is 4. The van der Waals surface area contributed by atoms with Crippen molar-refractivity contribution in [2.24, 2.45) is 0 Å². The summed E-state index contributed by atoms with van der Waals surface area (Å²) in [5.74, 6) is 0. The molecule has 0 N–H and O–H groups in total. The molecule has 0 aliphatic rings. The minimum atomic E-state index is -2.53. The predicted octanol–water partition coefficient (Wildman–Crippen LogP) is 4.37. The van der Waals surface area contributed by atoms with Crippen LogP contribution >= 0.6 is 23.2 Å². The standard InChI is InChI=1S/C24H18Cl2Si/c25-19-9-7-15-23(17-19)27(21-11-3-1-4-12-21,22-13-5-2-6-14-22)24-16-8-10-20(26)18-24/h1-18H. The predicted molar refractivity (Wildman–Crippen MR) is 120 cm³/mol. The number of rotatable bonds is 4. The van der Waals surface area contributed by atoms with Gasteiger partial charge in [0.15, 0.2) is 8.07 Å². The maximum atomic E-state index is 6.44. The quantitative estimate of drug-likeness (QED) is 0.349.